The lowest BCUT2D eigenvalue weighted by Gasteiger charge is -2.23. The summed E-state index contributed by atoms with van der Waals surface area (Å²) in [5.41, 5.74) is 2.06. The van der Waals surface area contributed by atoms with Crippen LogP contribution in [0.4, 0.5) is 13.2 Å². The monoisotopic (exact) mass is 342 g/mol. The van der Waals surface area contributed by atoms with Gasteiger partial charge in [0.2, 0.25) is 0 Å². The molecule has 0 saturated heterocycles. The maximum Gasteiger partial charge on any atom is 0.399 e. The smallest absolute Gasteiger partial charge is 0.170 e. The fourth-order valence-electron chi connectivity index (χ4n) is 2.27. The van der Waals surface area contributed by atoms with Crippen molar-refractivity contribution in [1.82, 2.24) is 0 Å². The van der Waals surface area contributed by atoms with Gasteiger partial charge in [-0.05, 0) is 42.7 Å². The van der Waals surface area contributed by atoms with E-state index in [0.717, 1.165) is 10.0 Å². The van der Waals surface area contributed by atoms with Gasteiger partial charge in [-0.1, -0.05) is 51.8 Å². The van der Waals surface area contributed by atoms with Gasteiger partial charge in [-0.25, -0.2) is 0 Å². The quantitative estimate of drug-likeness (QED) is 0.650. The molecule has 4 heteroatoms. The number of halogens is 4. The van der Waals surface area contributed by atoms with E-state index in [9.17, 15) is 13.2 Å². The Labute approximate surface area is 124 Å². The normalized spacial score (nSPS) is 13.3. The molecule has 0 spiro atoms. The van der Waals surface area contributed by atoms with Crippen LogP contribution in [-0.2, 0) is 0 Å². The summed E-state index contributed by atoms with van der Waals surface area (Å²) in [6.45, 7) is 3.52. The second kappa shape index (κ2) is 5.60. The van der Waals surface area contributed by atoms with E-state index >= 15 is 0 Å². The van der Waals surface area contributed by atoms with E-state index in [2.05, 4.69) is 15.9 Å². The van der Waals surface area contributed by atoms with Crippen molar-refractivity contribution in [3.05, 3.63) is 69.2 Å². The molecule has 0 saturated carbocycles. The number of benzene rings is 2. The Morgan fingerprint density at radius 1 is 0.950 bits per heavy atom. The van der Waals surface area contributed by atoms with Gasteiger partial charge in [0.1, 0.15) is 5.92 Å². The van der Waals surface area contributed by atoms with Gasteiger partial charge in [-0.2, -0.15) is 13.2 Å². The minimum atomic E-state index is -4.31. The predicted molar refractivity (Wildman–Crippen MR) is 78.0 cm³/mol. The number of aryl methyl sites for hydroxylation is 2. The van der Waals surface area contributed by atoms with Gasteiger partial charge in [0, 0.05) is 4.47 Å². The largest absolute Gasteiger partial charge is 0.399 e. The number of hydrogen-bond acceptors (Lipinski definition) is 0. The van der Waals surface area contributed by atoms with Crippen LogP contribution < -0.4 is 0 Å². The summed E-state index contributed by atoms with van der Waals surface area (Å²) in [7, 11) is 0. The van der Waals surface area contributed by atoms with E-state index in [1.165, 1.54) is 12.1 Å². The van der Waals surface area contributed by atoms with Crippen molar-refractivity contribution in [3.8, 4) is 0 Å². The lowest BCUT2D eigenvalue weighted by Crippen LogP contribution is -2.23. The molecule has 106 valence electrons. The third-order valence-electron chi connectivity index (χ3n) is 3.28. The highest BCUT2D eigenvalue weighted by molar-refractivity contribution is 9.10. The fourth-order valence-corrected chi connectivity index (χ4v) is 2.54. The van der Waals surface area contributed by atoms with Crippen molar-refractivity contribution in [3.63, 3.8) is 0 Å². The van der Waals surface area contributed by atoms with Gasteiger partial charge in [0.05, 0.1) is 0 Å². The molecular weight excluding hydrogens is 329 g/mol. The predicted octanol–water partition coefficient (Wildman–Crippen LogP) is 5.76. The molecule has 1 unspecified atom stereocenters. The van der Waals surface area contributed by atoms with E-state index in [-0.39, 0.29) is 5.56 Å². The standard InChI is InChI=1S/C16H14BrF3/c1-10-3-4-11(2)14(9-10)15(16(18,19)20)12-5-7-13(17)8-6-12/h3-9,15H,1-2H3. The Balaban J connectivity index is 2.59. The molecule has 0 fully saturated rings. The lowest BCUT2D eigenvalue weighted by atomic mass is 9.87. The number of hydrogen-bond donors (Lipinski definition) is 0. The van der Waals surface area contributed by atoms with E-state index in [1.54, 1.807) is 38.1 Å². The zero-order chi connectivity index (χ0) is 14.9. The molecule has 0 aliphatic heterocycles. The molecule has 0 aliphatic carbocycles. The molecule has 20 heavy (non-hydrogen) atoms. The van der Waals surface area contributed by atoms with Gasteiger partial charge in [0.25, 0.3) is 0 Å². The minimum Gasteiger partial charge on any atom is -0.170 e. The van der Waals surface area contributed by atoms with Crippen molar-refractivity contribution >= 4 is 15.9 Å². The molecule has 0 radical (unpaired) electrons. The van der Waals surface area contributed by atoms with E-state index in [1.807, 2.05) is 6.07 Å². The third-order valence-corrected chi connectivity index (χ3v) is 3.81. The summed E-state index contributed by atoms with van der Waals surface area (Å²) < 4.78 is 41.2. The summed E-state index contributed by atoms with van der Waals surface area (Å²) >= 11 is 3.25. The second-order valence-electron chi connectivity index (χ2n) is 4.89. The highest BCUT2D eigenvalue weighted by atomic mass is 79.9. The molecule has 0 heterocycles. The van der Waals surface area contributed by atoms with Crippen molar-refractivity contribution in [2.24, 2.45) is 0 Å². The van der Waals surface area contributed by atoms with Gasteiger partial charge in [0.15, 0.2) is 0 Å². The average molecular weight is 343 g/mol. The van der Waals surface area contributed by atoms with E-state index in [4.69, 9.17) is 0 Å². The van der Waals surface area contributed by atoms with Crippen LogP contribution in [0, 0.1) is 13.8 Å². The zero-order valence-corrected chi connectivity index (χ0v) is 12.7. The van der Waals surface area contributed by atoms with Crippen LogP contribution >= 0.6 is 15.9 Å². The van der Waals surface area contributed by atoms with Crippen LogP contribution in [0.25, 0.3) is 0 Å². The van der Waals surface area contributed by atoms with Gasteiger partial charge >= 0.3 is 6.18 Å². The highest BCUT2D eigenvalue weighted by Gasteiger charge is 2.42. The summed E-state index contributed by atoms with van der Waals surface area (Å²) in [4.78, 5) is 0. The van der Waals surface area contributed by atoms with Crippen LogP contribution in [0.2, 0.25) is 0 Å². The van der Waals surface area contributed by atoms with Gasteiger partial charge < -0.3 is 0 Å². The number of alkyl halides is 3. The molecule has 1 atom stereocenters. The van der Waals surface area contributed by atoms with Gasteiger partial charge in [-0.15, -0.1) is 0 Å². The Morgan fingerprint density at radius 2 is 1.55 bits per heavy atom. The van der Waals surface area contributed by atoms with Crippen molar-refractivity contribution in [1.29, 1.82) is 0 Å². The molecule has 0 nitrogen and oxygen atoms in total. The first-order valence-electron chi connectivity index (χ1n) is 6.18. The lowest BCUT2D eigenvalue weighted by molar-refractivity contribution is -0.141. The van der Waals surface area contributed by atoms with Gasteiger partial charge in [-0.3, -0.25) is 0 Å². The Kier molecular flexibility index (Phi) is 4.23. The van der Waals surface area contributed by atoms with Crippen LogP contribution in [0.15, 0.2) is 46.9 Å². The first-order valence-corrected chi connectivity index (χ1v) is 6.97. The minimum absolute atomic E-state index is 0.259. The molecule has 2 aromatic rings. The fraction of sp³-hybridized carbons (Fsp3) is 0.250. The molecule has 0 aromatic heterocycles. The average Bonchev–Trinajstić information content (AvgIpc) is 2.35. The molecule has 2 rings (SSSR count). The second-order valence-corrected chi connectivity index (χ2v) is 5.80. The van der Waals surface area contributed by atoms with Crippen LogP contribution in [0.5, 0.6) is 0 Å². The summed E-state index contributed by atoms with van der Waals surface area (Å²) in [6, 6.07) is 11.5. The maximum absolute atomic E-state index is 13.5. The first-order chi connectivity index (χ1) is 9.29. The number of rotatable bonds is 2. The highest BCUT2D eigenvalue weighted by Crippen LogP contribution is 2.41. The molecule has 2 aromatic carbocycles. The first kappa shape index (κ1) is 15.1. The van der Waals surface area contributed by atoms with E-state index in [0.29, 0.717) is 11.1 Å². The van der Waals surface area contributed by atoms with Crippen molar-refractivity contribution in [2.75, 3.05) is 0 Å². The Bertz CT molecular complexity index is 600. The summed E-state index contributed by atoms with van der Waals surface area (Å²) in [6.07, 6.45) is -4.31. The zero-order valence-electron chi connectivity index (χ0n) is 11.1. The maximum atomic E-state index is 13.5. The van der Waals surface area contributed by atoms with E-state index < -0.39 is 12.1 Å². The van der Waals surface area contributed by atoms with Crippen LogP contribution in [0.3, 0.4) is 0 Å². The SMILES string of the molecule is Cc1ccc(C)c(C(c2ccc(Br)cc2)C(F)(F)F)c1. The van der Waals surface area contributed by atoms with Crippen molar-refractivity contribution in [2.45, 2.75) is 25.9 Å². The summed E-state index contributed by atoms with van der Waals surface area (Å²) in [5, 5.41) is 0. The Morgan fingerprint density at radius 3 is 2.10 bits per heavy atom. The molecule has 0 amide bonds. The molecule has 0 N–H and O–H groups in total. The van der Waals surface area contributed by atoms with Crippen LogP contribution in [-0.4, -0.2) is 6.18 Å². The topological polar surface area (TPSA) is 0 Å². The van der Waals surface area contributed by atoms with Crippen LogP contribution in [0.1, 0.15) is 28.2 Å². The van der Waals surface area contributed by atoms with Crippen molar-refractivity contribution < 1.29 is 13.2 Å². The third kappa shape index (κ3) is 3.23. The Hall–Kier alpha value is -1.29. The molecule has 0 aliphatic rings. The summed E-state index contributed by atoms with van der Waals surface area (Å²) in [5.74, 6) is -1.59. The molecular formula is C16H14BrF3. The molecule has 0 bridgehead atoms.